The van der Waals surface area contributed by atoms with Crippen molar-refractivity contribution in [1.29, 1.82) is 0 Å². The number of nitrogens with zero attached hydrogens (tertiary/aromatic N) is 1. The molecule has 0 bridgehead atoms. The van der Waals surface area contributed by atoms with E-state index in [1.165, 1.54) is 5.56 Å². The number of carbonyl (C=O) groups excluding carboxylic acids is 2. The van der Waals surface area contributed by atoms with Gasteiger partial charge in [-0.2, -0.15) is 0 Å². The maximum Gasteiger partial charge on any atom is 0.180 e. The van der Waals surface area contributed by atoms with Gasteiger partial charge in [-0.3, -0.25) is 9.59 Å². The largest absolute Gasteiger partial charge is 0.490 e. The molecular formula is C40H44ClNO4. The predicted molar refractivity (Wildman–Crippen MR) is 183 cm³/mol. The summed E-state index contributed by atoms with van der Waals surface area (Å²) in [4.78, 5) is 30.8. The number of halogens is 1. The lowest BCUT2D eigenvalue weighted by Gasteiger charge is -2.49. The number of carbonyl (C=O) groups is 2. The first-order valence-electron chi connectivity index (χ1n) is 16.3. The Kier molecular flexibility index (Phi) is 8.67. The van der Waals surface area contributed by atoms with Gasteiger partial charge in [0.1, 0.15) is 6.61 Å². The molecule has 0 amide bonds. The fourth-order valence-electron chi connectivity index (χ4n) is 7.34. The summed E-state index contributed by atoms with van der Waals surface area (Å²) in [6.07, 6.45) is 2.33. The van der Waals surface area contributed by atoms with E-state index in [4.69, 9.17) is 21.1 Å². The molecule has 0 unspecified atom stereocenters. The van der Waals surface area contributed by atoms with Gasteiger partial charge in [0.2, 0.25) is 0 Å². The number of Topliss-reactive ketones (excluding diaryl/α,β-unsaturated/α-hetero) is 2. The van der Waals surface area contributed by atoms with Crippen LogP contribution in [0.3, 0.4) is 0 Å². The molecule has 3 aromatic carbocycles. The van der Waals surface area contributed by atoms with Crippen LogP contribution in [0.25, 0.3) is 0 Å². The zero-order valence-electron chi connectivity index (χ0n) is 27.8. The van der Waals surface area contributed by atoms with E-state index >= 15 is 0 Å². The Morgan fingerprint density at radius 2 is 1.37 bits per heavy atom. The molecule has 5 nitrogen and oxygen atoms in total. The van der Waals surface area contributed by atoms with Crippen LogP contribution in [0, 0.1) is 17.8 Å². The minimum atomic E-state index is -0.521. The molecule has 2 aliphatic carbocycles. The van der Waals surface area contributed by atoms with Crippen LogP contribution >= 0.6 is 11.6 Å². The summed E-state index contributed by atoms with van der Waals surface area (Å²) in [7, 11) is 0. The summed E-state index contributed by atoms with van der Waals surface area (Å²) in [5, 5.41) is 0.399. The first-order valence-corrected chi connectivity index (χ1v) is 16.7. The van der Waals surface area contributed by atoms with Gasteiger partial charge in [-0.25, -0.2) is 0 Å². The highest BCUT2D eigenvalue weighted by Gasteiger charge is 2.49. The van der Waals surface area contributed by atoms with Gasteiger partial charge in [0.15, 0.2) is 23.1 Å². The quantitative estimate of drug-likeness (QED) is 0.246. The van der Waals surface area contributed by atoms with Gasteiger partial charge in [0, 0.05) is 47.8 Å². The fourth-order valence-corrected chi connectivity index (χ4v) is 7.61. The van der Waals surface area contributed by atoms with Crippen LogP contribution in [-0.4, -0.2) is 23.1 Å². The van der Waals surface area contributed by atoms with Crippen LogP contribution in [0.5, 0.6) is 11.5 Å². The minimum Gasteiger partial charge on any atom is -0.490 e. The van der Waals surface area contributed by atoms with Gasteiger partial charge in [0.25, 0.3) is 0 Å². The molecule has 3 aromatic rings. The molecule has 6 heteroatoms. The molecule has 3 aliphatic rings. The molecule has 0 radical (unpaired) electrons. The maximum atomic E-state index is 14.3. The van der Waals surface area contributed by atoms with E-state index < -0.39 is 5.92 Å². The number of ether oxygens (including phenoxy) is 2. The van der Waals surface area contributed by atoms with Crippen molar-refractivity contribution in [3.05, 3.63) is 117 Å². The number of hydrogen-bond donors (Lipinski definition) is 0. The highest BCUT2D eigenvalue weighted by Crippen LogP contribution is 2.56. The molecule has 0 N–H and O–H groups in total. The average Bonchev–Trinajstić information content (AvgIpc) is 2.97. The summed E-state index contributed by atoms with van der Waals surface area (Å²) < 4.78 is 12.4. The van der Waals surface area contributed by atoms with Gasteiger partial charge < -0.3 is 14.4 Å². The second kappa shape index (κ2) is 12.4. The van der Waals surface area contributed by atoms with Crippen LogP contribution in [-0.2, 0) is 22.7 Å². The van der Waals surface area contributed by atoms with E-state index in [9.17, 15) is 9.59 Å². The van der Waals surface area contributed by atoms with Crippen molar-refractivity contribution >= 4 is 23.2 Å². The van der Waals surface area contributed by atoms with E-state index in [-0.39, 0.29) is 22.4 Å². The van der Waals surface area contributed by atoms with Crippen LogP contribution in [0.1, 0.15) is 88.5 Å². The van der Waals surface area contributed by atoms with E-state index in [2.05, 4.69) is 63.8 Å². The zero-order chi connectivity index (χ0) is 32.8. The van der Waals surface area contributed by atoms with E-state index in [0.717, 1.165) is 40.9 Å². The molecule has 0 saturated carbocycles. The van der Waals surface area contributed by atoms with Crippen molar-refractivity contribution < 1.29 is 19.1 Å². The Morgan fingerprint density at radius 1 is 0.783 bits per heavy atom. The highest BCUT2D eigenvalue weighted by atomic mass is 35.5. The Hall–Kier alpha value is -3.83. The Balaban J connectivity index is 1.51. The van der Waals surface area contributed by atoms with E-state index in [0.29, 0.717) is 60.3 Å². The molecule has 0 spiro atoms. The normalized spacial score (nSPS) is 19.2. The van der Waals surface area contributed by atoms with Crippen molar-refractivity contribution in [2.24, 2.45) is 10.8 Å². The molecule has 6 rings (SSSR count). The molecule has 1 heterocycles. The number of aryl methyl sites for hydroxylation is 1. The Labute approximate surface area is 278 Å². The first-order chi connectivity index (χ1) is 21.9. The molecule has 0 saturated heterocycles. The van der Waals surface area contributed by atoms with Gasteiger partial charge in [-0.15, -0.1) is 0 Å². The highest BCUT2D eigenvalue weighted by molar-refractivity contribution is 6.32. The number of rotatable bonds is 8. The monoisotopic (exact) mass is 637 g/mol. The molecule has 1 aliphatic heterocycles. The van der Waals surface area contributed by atoms with Gasteiger partial charge >= 0.3 is 0 Å². The molecule has 0 fully saturated rings. The molecule has 46 heavy (non-hydrogen) atoms. The van der Waals surface area contributed by atoms with Gasteiger partial charge in [-0.1, -0.05) is 99.5 Å². The third kappa shape index (κ3) is 6.40. The maximum absolute atomic E-state index is 14.3. The minimum absolute atomic E-state index is 0.0901. The van der Waals surface area contributed by atoms with Crippen molar-refractivity contribution in [3.63, 3.8) is 0 Å². The van der Waals surface area contributed by atoms with Crippen molar-refractivity contribution in [2.45, 2.75) is 86.3 Å². The van der Waals surface area contributed by atoms with E-state index in [1.807, 2.05) is 49.4 Å². The second-order valence-electron chi connectivity index (χ2n) is 14.6. The topological polar surface area (TPSA) is 55.8 Å². The third-order valence-electron chi connectivity index (χ3n) is 9.37. The van der Waals surface area contributed by atoms with Crippen LogP contribution < -0.4 is 9.47 Å². The average molecular weight is 638 g/mol. The molecule has 240 valence electrons. The summed E-state index contributed by atoms with van der Waals surface area (Å²) in [5.74, 6) is 0.636. The lowest BCUT2D eigenvalue weighted by molar-refractivity contribution is -0.119. The number of hydrogen-bond acceptors (Lipinski definition) is 5. The molecule has 0 aromatic heterocycles. The molecular weight excluding hydrogens is 594 g/mol. The fraction of sp³-hybridized carbons (Fsp3) is 0.400. The predicted octanol–water partition coefficient (Wildman–Crippen LogP) is 9.51. The van der Waals surface area contributed by atoms with Gasteiger partial charge in [-0.05, 0) is 66.3 Å². The number of ketones is 2. The third-order valence-corrected chi connectivity index (χ3v) is 9.65. The van der Waals surface area contributed by atoms with Crippen molar-refractivity contribution in [3.8, 4) is 11.5 Å². The standard InChI is InChI=1S/C40H44ClNO4/c1-7-45-34-18-28(17-29(41)38(34)46-24-27-15-13-25(2)14-16-27)35-36-30(19-39(3,4)21-32(36)43)42(23-26-11-9-8-10-12-26)31-20-40(5,6)22-33(44)37(31)35/h8-18,35H,7,19-24H2,1-6H3. The smallest absolute Gasteiger partial charge is 0.180 e. The zero-order valence-corrected chi connectivity index (χ0v) is 28.6. The second-order valence-corrected chi connectivity index (χ2v) is 15.1. The van der Waals surface area contributed by atoms with Crippen LogP contribution in [0.4, 0.5) is 0 Å². The van der Waals surface area contributed by atoms with Crippen LogP contribution in [0.2, 0.25) is 5.02 Å². The Bertz CT molecular complexity index is 1680. The lowest BCUT2D eigenvalue weighted by atomic mass is 9.63. The number of allylic oxidation sites excluding steroid dienone is 4. The summed E-state index contributed by atoms with van der Waals surface area (Å²) in [6, 6.07) is 22.3. The summed E-state index contributed by atoms with van der Waals surface area (Å²) >= 11 is 7.01. The van der Waals surface area contributed by atoms with Crippen LogP contribution in [0.15, 0.2) is 89.3 Å². The summed E-state index contributed by atoms with van der Waals surface area (Å²) in [5.41, 5.74) is 7.20. The summed E-state index contributed by atoms with van der Waals surface area (Å²) in [6.45, 7) is 14.0. The van der Waals surface area contributed by atoms with Gasteiger partial charge in [0.05, 0.1) is 11.6 Å². The number of benzene rings is 3. The lowest BCUT2D eigenvalue weighted by Crippen LogP contribution is -2.44. The van der Waals surface area contributed by atoms with Crippen molar-refractivity contribution in [1.82, 2.24) is 4.90 Å². The molecule has 0 atom stereocenters. The van der Waals surface area contributed by atoms with E-state index in [1.54, 1.807) is 0 Å². The Morgan fingerprint density at radius 3 is 1.93 bits per heavy atom. The SMILES string of the molecule is CCOc1cc(C2C3=C(CC(C)(C)CC3=O)N(Cc3ccccc3)C3=C2C(=O)CC(C)(C)C3)cc(Cl)c1OCc1ccc(C)cc1. The van der Waals surface area contributed by atoms with Crippen molar-refractivity contribution in [2.75, 3.05) is 6.61 Å². The first kappa shape index (κ1) is 32.1.